The normalized spacial score (nSPS) is 14.5. The molecule has 0 heterocycles. The summed E-state index contributed by atoms with van der Waals surface area (Å²) in [6.07, 6.45) is -3.28. The Morgan fingerprint density at radius 1 is 1.14 bits per heavy atom. The highest BCUT2D eigenvalue weighted by Gasteiger charge is 2.34. The summed E-state index contributed by atoms with van der Waals surface area (Å²) in [6, 6.07) is 4.69. The summed E-state index contributed by atoms with van der Waals surface area (Å²) in [5.41, 5.74) is 0.822. The molecule has 1 amide bonds. The summed E-state index contributed by atoms with van der Waals surface area (Å²) in [7, 11) is 1.31. The van der Waals surface area contributed by atoms with E-state index in [4.69, 9.17) is 16.3 Å². The fourth-order valence-electron chi connectivity index (χ4n) is 3.88. The van der Waals surface area contributed by atoms with Crippen molar-refractivity contribution in [2.45, 2.75) is 51.6 Å². The van der Waals surface area contributed by atoms with E-state index in [1.807, 2.05) is 0 Å². The van der Waals surface area contributed by atoms with Gasteiger partial charge in [0.1, 0.15) is 30.0 Å². The average Bonchev–Trinajstić information content (AvgIpc) is 3.54. The Morgan fingerprint density at radius 3 is 2.31 bits per heavy atom. The molecule has 0 bridgehead atoms. The van der Waals surface area contributed by atoms with Crippen molar-refractivity contribution < 1.29 is 41.7 Å². The van der Waals surface area contributed by atoms with Gasteiger partial charge in [-0.1, -0.05) is 25.4 Å². The Labute approximate surface area is 204 Å². The van der Waals surface area contributed by atoms with E-state index in [0.717, 1.165) is 35.9 Å². The lowest BCUT2D eigenvalue weighted by Crippen LogP contribution is -2.46. The predicted molar refractivity (Wildman–Crippen MR) is 119 cm³/mol. The van der Waals surface area contributed by atoms with Crippen LogP contribution < -0.4 is 9.47 Å². The highest BCUT2D eigenvalue weighted by atomic mass is 35.5. The monoisotopic (exact) mass is 517 g/mol. The summed E-state index contributed by atoms with van der Waals surface area (Å²) < 4.78 is 62.1. The predicted octanol–water partition coefficient (Wildman–Crippen LogP) is 6.02. The molecular weight excluding hydrogens is 494 g/mol. The highest BCUT2D eigenvalue weighted by Crippen LogP contribution is 2.43. The van der Waals surface area contributed by atoms with Crippen LogP contribution in [0.15, 0.2) is 30.3 Å². The van der Waals surface area contributed by atoms with E-state index >= 15 is 4.39 Å². The maximum atomic E-state index is 15.0. The molecule has 1 aliphatic rings. The Bertz CT molecular complexity index is 1120. The third kappa shape index (κ3) is 6.78. The minimum atomic E-state index is -4.91. The Balaban J connectivity index is 1.86. The Kier molecular flexibility index (Phi) is 7.83. The standard InChI is InChI=1S/C24H24ClF4NO5/c1-12(2)21(23(32)33)30(3)22(31)19-10-18(13-4-5-13)14(6-20(19)26)11-34-16-7-15(25)8-17(9-16)35-24(27,28)29/h6-10,12-13,21H,4-5,11H2,1-3H3,(H,32,33)/t21-/m0/s1. The molecule has 0 aliphatic heterocycles. The number of carbonyl (C=O) groups excluding carboxylic acids is 1. The van der Waals surface area contributed by atoms with Crippen molar-refractivity contribution in [2.75, 3.05) is 7.05 Å². The van der Waals surface area contributed by atoms with Crippen LogP contribution in [-0.4, -0.2) is 41.3 Å². The largest absolute Gasteiger partial charge is 0.573 e. The highest BCUT2D eigenvalue weighted by molar-refractivity contribution is 6.30. The molecule has 0 aromatic heterocycles. The van der Waals surface area contributed by atoms with Gasteiger partial charge in [0, 0.05) is 18.1 Å². The number of halogens is 5. The SMILES string of the molecule is CC(C)[C@@H](C(=O)O)N(C)C(=O)c1cc(C2CC2)c(COc2cc(Cl)cc(OC(F)(F)F)c2)cc1F. The fraction of sp³-hybridized carbons (Fsp3) is 0.417. The molecule has 0 spiro atoms. The molecule has 6 nitrogen and oxygen atoms in total. The second-order valence-corrected chi connectivity index (χ2v) is 9.14. The Morgan fingerprint density at radius 2 is 1.77 bits per heavy atom. The quantitative estimate of drug-likeness (QED) is 0.412. The lowest BCUT2D eigenvalue weighted by Gasteiger charge is -2.28. The molecule has 1 atom stereocenters. The van der Waals surface area contributed by atoms with Gasteiger partial charge in [-0.05, 0) is 60.1 Å². The van der Waals surface area contributed by atoms with Crippen molar-refractivity contribution in [3.05, 3.63) is 57.9 Å². The second-order valence-electron chi connectivity index (χ2n) is 8.71. The van der Waals surface area contributed by atoms with Crippen molar-refractivity contribution in [1.82, 2.24) is 4.90 Å². The number of aliphatic carboxylic acids is 1. The van der Waals surface area contributed by atoms with E-state index in [0.29, 0.717) is 11.1 Å². The minimum absolute atomic E-state index is 0.0139. The number of carboxylic acids is 1. The van der Waals surface area contributed by atoms with E-state index in [1.54, 1.807) is 13.8 Å². The molecule has 0 unspecified atom stereocenters. The number of hydrogen-bond donors (Lipinski definition) is 1. The number of rotatable bonds is 9. The molecule has 190 valence electrons. The van der Waals surface area contributed by atoms with Crippen LogP contribution in [0.25, 0.3) is 0 Å². The van der Waals surface area contributed by atoms with Gasteiger partial charge in [0.25, 0.3) is 5.91 Å². The molecule has 2 aromatic rings. The second kappa shape index (κ2) is 10.3. The van der Waals surface area contributed by atoms with Crippen LogP contribution in [0, 0.1) is 11.7 Å². The molecule has 11 heteroatoms. The molecule has 1 fully saturated rings. The van der Waals surface area contributed by atoms with Crippen molar-refractivity contribution in [1.29, 1.82) is 0 Å². The number of ether oxygens (including phenoxy) is 2. The molecular formula is C24H24ClF4NO5. The minimum Gasteiger partial charge on any atom is -0.489 e. The van der Waals surface area contributed by atoms with Crippen molar-refractivity contribution in [2.24, 2.45) is 5.92 Å². The Hall–Kier alpha value is -3.01. The third-order valence-electron chi connectivity index (χ3n) is 5.57. The van der Waals surface area contributed by atoms with Crippen molar-refractivity contribution in [3.63, 3.8) is 0 Å². The summed E-state index contributed by atoms with van der Waals surface area (Å²) in [5.74, 6) is -3.72. The zero-order valence-corrected chi connectivity index (χ0v) is 19.9. The smallest absolute Gasteiger partial charge is 0.489 e. The van der Waals surface area contributed by atoms with Gasteiger partial charge in [-0.25, -0.2) is 9.18 Å². The van der Waals surface area contributed by atoms with Gasteiger partial charge in [-0.15, -0.1) is 13.2 Å². The van der Waals surface area contributed by atoms with Crippen LogP contribution in [0.4, 0.5) is 17.6 Å². The van der Waals surface area contributed by atoms with Crippen LogP contribution >= 0.6 is 11.6 Å². The number of carboxylic acid groups (broad SMARTS) is 1. The molecule has 1 saturated carbocycles. The summed E-state index contributed by atoms with van der Waals surface area (Å²) >= 11 is 5.86. The van der Waals surface area contributed by atoms with E-state index in [1.165, 1.54) is 19.2 Å². The van der Waals surface area contributed by atoms with Gasteiger partial charge in [-0.3, -0.25) is 4.79 Å². The maximum absolute atomic E-state index is 15.0. The zero-order valence-electron chi connectivity index (χ0n) is 19.2. The molecule has 1 N–H and O–H groups in total. The van der Waals surface area contributed by atoms with Crippen LogP contribution in [0.5, 0.6) is 11.5 Å². The third-order valence-corrected chi connectivity index (χ3v) is 5.79. The van der Waals surface area contributed by atoms with Gasteiger partial charge in [-0.2, -0.15) is 0 Å². The number of benzene rings is 2. The van der Waals surface area contributed by atoms with Crippen LogP contribution in [-0.2, 0) is 11.4 Å². The van der Waals surface area contributed by atoms with E-state index in [-0.39, 0.29) is 28.9 Å². The lowest BCUT2D eigenvalue weighted by atomic mass is 9.97. The topological polar surface area (TPSA) is 76.1 Å². The number of alkyl halides is 3. The molecule has 1 aliphatic carbocycles. The van der Waals surface area contributed by atoms with E-state index < -0.39 is 41.8 Å². The van der Waals surface area contributed by atoms with E-state index in [2.05, 4.69) is 4.74 Å². The zero-order chi connectivity index (χ0) is 26.1. The van der Waals surface area contributed by atoms with Gasteiger partial charge >= 0.3 is 12.3 Å². The first-order chi connectivity index (χ1) is 16.3. The number of nitrogens with zero attached hydrogens (tertiary/aromatic N) is 1. The van der Waals surface area contributed by atoms with Gasteiger partial charge in [0.05, 0.1) is 5.56 Å². The number of carbonyl (C=O) groups is 2. The van der Waals surface area contributed by atoms with Gasteiger partial charge in [0.2, 0.25) is 0 Å². The van der Waals surface area contributed by atoms with Crippen molar-refractivity contribution >= 4 is 23.5 Å². The summed E-state index contributed by atoms with van der Waals surface area (Å²) in [5, 5.41) is 9.43. The van der Waals surface area contributed by atoms with Gasteiger partial charge in [0.15, 0.2) is 0 Å². The number of amides is 1. The summed E-state index contributed by atoms with van der Waals surface area (Å²) in [4.78, 5) is 25.6. The number of likely N-dealkylation sites (N-methyl/N-ethyl adjacent to an activating group) is 1. The van der Waals surface area contributed by atoms with Crippen LogP contribution in [0.3, 0.4) is 0 Å². The first-order valence-electron chi connectivity index (χ1n) is 10.8. The lowest BCUT2D eigenvalue weighted by molar-refractivity contribution is -0.274. The van der Waals surface area contributed by atoms with Gasteiger partial charge < -0.3 is 19.5 Å². The average molecular weight is 518 g/mol. The van der Waals surface area contributed by atoms with Crippen LogP contribution in [0.1, 0.15) is 54.1 Å². The first kappa shape index (κ1) is 26.6. The first-order valence-corrected chi connectivity index (χ1v) is 11.2. The molecule has 35 heavy (non-hydrogen) atoms. The number of hydrogen-bond acceptors (Lipinski definition) is 4. The van der Waals surface area contributed by atoms with Crippen LogP contribution in [0.2, 0.25) is 5.02 Å². The molecule has 2 aromatic carbocycles. The van der Waals surface area contributed by atoms with Crippen molar-refractivity contribution in [3.8, 4) is 11.5 Å². The molecule has 3 rings (SSSR count). The fourth-order valence-corrected chi connectivity index (χ4v) is 4.10. The maximum Gasteiger partial charge on any atom is 0.573 e. The molecule has 0 radical (unpaired) electrons. The van der Waals surface area contributed by atoms with E-state index in [9.17, 15) is 27.9 Å². The molecule has 0 saturated heterocycles. The summed E-state index contributed by atoms with van der Waals surface area (Å²) in [6.45, 7) is 3.11.